The van der Waals surface area contributed by atoms with Crippen molar-refractivity contribution in [3.63, 3.8) is 0 Å². The maximum Gasteiger partial charge on any atom is 0.243 e. The largest absolute Gasteiger partial charge is 0.329 e. The normalized spacial score (nSPS) is 15.7. The first-order valence-corrected chi connectivity index (χ1v) is 7.47. The molecule has 1 unspecified atom stereocenters. The highest BCUT2D eigenvalue weighted by molar-refractivity contribution is 7.89. The number of nitrogens with two attached hydrogens (primary N) is 1. The van der Waals surface area contributed by atoms with Crippen LogP contribution < -0.4 is 5.73 Å². The third-order valence-electron chi connectivity index (χ3n) is 3.64. The summed E-state index contributed by atoms with van der Waals surface area (Å²) in [6, 6.07) is 6.86. The van der Waals surface area contributed by atoms with Gasteiger partial charge in [-0.3, -0.25) is 0 Å². The lowest BCUT2D eigenvalue weighted by Gasteiger charge is -2.36. The van der Waals surface area contributed by atoms with Crippen LogP contribution in [0.3, 0.4) is 0 Å². The minimum atomic E-state index is -3.48. The van der Waals surface area contributed by atoms with Gasteiger partial charge in [-0.1, -0.05) is 24.6 Å². The van der Waals surface area contributed by atoms with E-state index in [1.807, 2.05) is 20.8 Å². The van der Waals surface area contributed by atoms with E-state index in [4.69, 9.17) is 5.73 Å². The summed E-state index contributed by atoms with van der Waals surface area (Å²) < 4.78 is 26.3. The summed E-state index contributed by atoms with van der Waals surface area (Å²) in [5.74, 6) is 0. The summed E-state index contributed by atoms with van der Waals surface area (Å²) in [7, 11) is -1.90. The standard InChI is InChI=1S/C13H22N2O2S/c1-5-13(3,10-14)15(4)18(16,17)12-8-6-11(2)7-9-12/h6-9H,5,10,14H2,1-4H3. The SMILES string of the molecule is CCC(C)(CN)N(C)S(=O)(=O)c1ccc(C)cc1. The van der Waals surface area contributed by atoms with E-state index in [1.54, 1.807) is 31.3 Å². The molecule has 0 aromatic heterocycles. The van der Waals surface area contributed by atoms with Crippen LogP contribution in [0.4, 0.5) is 0 Å². The molecule has 1 rings (SSSR count). The zero-order chi connectivity index (χ0) is 14.0. The van der Waals surface area contributed by atoms with E-state index in [-0.39, 0.29) is 0 Å². The van der Waals surface area contributed by atoms with Gasteiger partial charge in [0.1, 0.15) is 0 Å². The molecule has 1 aromatic rings. The van der Waals surface area contributed by atoms with Gasteiger partial charge in [0.25, 0.3) is 0 Å². The third kappa shape index (κ3) is 2.74. The van der Waals surface area contributed by atoms with Crippen LogP contribution in [-0.2, 0) is 10.0 Å². The molecule has 0 amide bonds. The first-order chi connectivity index (χ1) is 8.28. The number of aryl methyl sites for hydroxylation is 1. The molecule has 1 aromatic carbocycles. The molecule has 1 atom stereocenters. The topological polar surface area (TPSA) is 63.4 Å². The van der Waals surface area contributed by atoms with Crippen LogP contribution in [-0.4, -0.2) is 31.9 Å². The smallest absolute Gasteiger partial charge is 0.243 e. The molecule has 0 aliphatic heterocycles. The fraction of sp³-hybridized carbons (Fsp3) is 0.538. The van der Waals surface area contributed by atoms with Crippen molar-refractivity contribution >= 4 is 10.0 Å². The highest BCUT2D eigenvalue weighted by Gasteiger charge is 2.35. The monoisotopic (exact) mass is 270 g/mol. The van der Waals surface area contributed by atoms with Crippen molar-refractivity contribution in [1.82, 2.24) is 4.31 Å². The van der Waals surface area contributed by atoms with E-state index in [0.717, 1.165) is 5.56 Å². The van der Waals surface area contributed by atoms with E-state index in [9.17, 15) is 8.42 Å². The first kappa shape index (κ1) is 15.1. The maximum absolute atomic E-state index is 12.5. The van der Waals surface area contributed by atoms with Gasteiger partial charge in [-0.25, -0.2) is 8.42 Å². The van der Waals surface area contributed by atoms with Gasteiger partial charge in [0.15, 0.2) is 0 Å². The van der Waals surface area contributed by atoms with Crippen LogP contribution in [0.25, 0.3) is 0 Å². The number of benzene rings is 1. The highest BCUT2D eigenvalue weighted by Crippen LogP contribution is 2.24. The molecule has 0 saturated heterocycles. The minimum absolute atomic E-state index is 0.297. The van der Waals surface area contributed by atoms with Gasteiger partial charge in [0.05, 0.1) is 4.90 Å². The number of nitrogens with zero attached hydrogens (tertiary/aromatic N) is 1. The lowest BCUT2D eigenvalue weighted by Crippen LogP contribution is -2.51. The van der Waals surface area contributed by atoms with E-state index < -0.39 is 15.6 Å². The highest BCUT2D eigenvalue weighted by atomic mass is 32.2. The summed E-state index contributed by atoms with van der Waals surface area (Å²) >= 11 is 0. The molecule has 0 aliphatic rings. The Hall–Kier alpha value is -0.910. The quantitative estimate of drug-likeness (QED) is 0.886. The Morgan fingerprint density at radius 1 is 1.28 bits per heavy atom. The average molecular weight is 270 g/mol. The second-order valence-corrected chi connectivity index (χ2v) is 6.81. The first-order valence-electron chi connectivity index (χ1n) is 6.03. The summed E-state index contributed by atoms with van der Waals surface area (Å²) in [5, 5.41) is 0. The van der Waals surface area contributed by atoms with E-state index in [1.165, 1.54) is 4.31 Å². The van der Waals surface area contributed by atoms with Crippen molar-refractivity contribution < 1.29 is 8.42 Å². The lowest BCUT2D eigenvalue weighted by atomic mass is 10.00. The van der Waals surface area contributed by atoms with Gasteiger partial charge in [-0.2, -0.15) is 4.31 Å². The van der Waals surface area contributed by atoms with E-state index in [2.05, 4.69) is 0 Å². The van der Waals surface area contributed by atoms with Crippen molar-refractivity contribution in [1.29, 1.82) is 0 Å². The molecule has 0 bridgehead atoms. The zero-order valence-corrected chi connectivity index (χ0v) is 12.3. The van der Waals surface area contributed by atoms with Gasteiger partial charge in [0, 0.05) is 19.1 Å². The van der Waals surface area contributed by atoms with Gasteiger partial charge < -0.3 is 5.73 Å². The molecule has 5 heteroatoms. The van der Waals surface area contributed by atoms with Crippen molar-refractivity contribution in [3.8, 4) is 0 Å². The molecule has 0 fully saturated rings. The van der Waals surface area contributed by atoms with Crippen LogP contribution >= 0.6 is 0 Å². The van der Waals surface area contributed by atoms with Crippen molar-refractivity contribution in [3.05, 3.63) is 29.8 Å². The molecular formula is C13H22N2O2S. The predicted molar refractivity (Wildman–Crippen MR) is 73.9 cm³/mol. The Kier molecular flexibility index (Phi) is 4.53. The molecular weight excluding hydrogens is 248 g/mol. The van der Waals surface area contributed by atoms with E-state index in [0.29, 0.717) is 17.9 Å². The fourth-order valence-electron chi connectivity index (χ4n) is 1.65. The zero-order valence-electron chi connectivity index (χ0n) is 11.5. The summed E-state index contributed by atoms with van der Waals surface area (Å²) in [4.78, 5) is 0.309. The average Bonchev–Trinajstić information content (AvgIpc) is 2.37. The predicted octanol–water partition coefficient (Wildman–Crippen LogP) is 1.74. The van der Waals surface area contributed by atoms with Crippen LogP contribution in [0.1, 0.15) is 25.8 Å². The number of hydrogen-bond acceptors (Lipinski definition) is 3. The second-order valence-electron chi connectivity index (χ2n) is 4.84. The fourth-order valence-corrected chi connectivity index (χ4v) is 3.23. The van der Waals surface area contributed by atoms with Gasteiger partial charge in [-0.05, 0) is 32.4 Å². The lowest BCUT2D eigenvalue weighted by molar-refractivity contribution is 0.240. The molecule has 0 heterocycles. The van der Waals surface area contributed by atoms with Crippen LogP contribution in [0.2, 0.25) is 0 Å². The Morgan fingerprint density at radius 3 is 2.17 bits per heavy atom. The van der Waals surface area contributed by atoms with Crippen LogP contribution in [0.15, 0.2) is 29.2 Å². The second kappa shape index (κ2) is 5.38. The molecule has 18 heavy (non-hydrogen) atoms. The van der Waals surface area contributed by atoms with Gasteiger partial charge in [-0.15, -0.1) is 0 Å². The van der Waals surface area contributed by atoms with Crippen molar-refractivity contribution in [2.24, 2.45) is 5.73 Å². The molecule has 102 valence electrons. The number of sulfonamides is 1. The van der Waals surface area contributed by atoms with E-state index >= 15 is 0 Å². The summed E-state index contributed by atoms with van der Waals surface area (Å²) in [6.07, 6.45) is 0.672. The molecule has 2 N–H and O–H groups in total. The van der Waals surface area contributed by atoms with Crippen molar-refractivity contribution in [2.75, 3.05) is 13.6 Å². The number of hydrogen-bond donors (Lipinski definition) is 1. The molecule has 0 radical (unpaired) electrons. The van der Waals surface area contributed by atoms with Crippen LogP contribution in [0, 0.1) is 6.92 Å². The van der Waals surface area contributed by atoms with Crippen LogP contribution in [0.5, 0.6) is 0 Å². The third-order valence-corrected chi connectivity index (χ3v) is 5.67. The van der Waals surface area contributed by atoms with Gasteiger partial charge >= 0.3 is 0 Å². The van der Waals surface area contributed by atoms with Gasteiger partial charge in [0.2, 0.25) is 10.0 Å². The maximum atomic E-state index is 12.5. The number of likely N-dealkylation sites (N-methyl/N-ethyl adjacent to an activating group) is 1. The Labute approximate surface area is 110 Å². The Balaban J connectivity index is 3.18. The summed E-state index contributed by atoms with van der Waals surface area (Å²) in [5.41, 5.74) is 6.20. The number of rotatable bonds is 5. The summed E-state index contributed by atoms with van der Waals surface area (Å²) in [6.45, 7) is 6.02. The molecule has 0 aliphatic carbocycles. The molecule has 4 nitrogen and oxygen atoms in total. The molecule has 0 saturated carbocycles. The molecule has 0 spiro atoms. The van der Waals surface area contributed by atoms with Crippen molar-refractivity contribution in [2.45, 2.75) is 37.6 Å². The minimum Gasteiger partial charge on any atom is -0.329 e. The Bertz CT molecular complexity index is 490. The Morgan fingerprint density at radius 2 is 1.78 bits per heavy atom.